The van der Waals surface area contributed by atoms with Crippen molar-refractivity contribution in [2.75, 3.05) is 10.6 Å². The standard InChI is InChI=1S/C19H17ClN4O/c1-13-4-2-3-5-14(13)12-19(25)22-18-11-10-17(23-24-18)21-16-8-6-15(20)7-9-16/h2-11H,12H2,1H3,(H,21,23)(H,22,24,25). The molecule has 0 saturated heterocycles. The molecule has 0 unspecified atom stereocenters. The summed E-state index contributed by atoms with van der Waals surface area (Å²) in [7, 11) is 0. The third kappa shape index (κ3) is 4.78. The maximum atomic E-state index is 12.1. The molecular weight excluding hydrogens is 336 g/mol. The Labute approximate surface area is 151 Å². The van der Waals surface area contributed by atoms with E-state index in [1.165, 1.54) is 0 Å². The van der Waals surface area contributed by atoms with Crippen molar-refractivity contribution in [3.8, 4) is 0 Å². The fourth-order valence-corrected chi connectivity index (χ4v) is 2.44. The molecule has 0 aliphatic heterocycles. The van der Waals surface area contributed by atoms with Gasteiger partial charge >= 0.3 is 0 Å². The molecule has 0 aliphatic carbocycles. The van der Waals surface area contributed by atoms with Crippen molar-refractivity contribution in [3.05, 3.63) is 76.8 Å². The zero-order valence-electron chi connectivity index (χ0n) is 13.7. The van der Waals surface area contributed by atoms with Crippen LogP contribution in [-0.4, -0.2) is 16.1 Å². The van der Waals surface area contributed by atoms with Crippen LogP contribution in [0.15, 0.2) is 60.7 Å². The topological polar surface area (TPSA) is 66.9 Å². The monoisotopic (exact) mass is 352 g/mol. The van der Waals surface area contributed by atoms with Crippen LogP contribution < -0.4 is 10.6 Å². The Morgan fingerprint density at radius 1 is 0.960 bits per heavy atom. The van der Waals surface area contributed by atoms with E-state index in [4.69, 9.17) is 11.6 Å². The molecule has 1 heterocycles. The number of aryl methyl sites for hydroxylation is 1. The van der Waals surface area contributed by atoms with Gasteiger partial charge in [-0.05, 0) is 54.4 Å². The van der Waals surface area contributed by atoms with Crippen LogP contribution >= 0.6 is 11.6 Å². The highest BCUT2D eigenvalue weighted by molar-refractivity contribution is 6.30. The Kier molecular flexibility index (Phi) is 5.26. The first-order valence-corrected chi connectivity index (χ1v) is 8.18. The van der Waals surface area contributed by atoms with Crippen molar-refractivity contribution in [2.24, 2.45) is 0 Å². The molecule has 3 rings (SSSR count). The first-order chi connectivity index (χ1) is 12.1. The van der Waals surface area contributed by atoms with E-state index in [1.807, 2.05) is 43.3 Å². The molecule has 0 fully saturated rings. The molecule has 1 aromatic heterocycles. The van der Waals surface area contributed by atoms with Gasteiger partial charge in [-0.1, -0.05) is 35.9 Å². The van der Waals surface area contributed by atoms with Gasteiger partial charge in [-0.25, -0.2) is 0 Å². The number of carbonyl (C=O) groups excluding carboxylic acids is 1. The molecule has 0 aliphatic rings. The zero-order chi connectivity index (χ0) is 17.6. The number of nitrogens with one attached hydrogen (secondary N) is 2. The number of rotatable bonds is 5. The summed E-state index contributed by atoms with van der Waals surface area (Å²) in [6.45, 7) is 1.99. The summed E-state index contributed by atoms with van der Waals surface area (Å²) >= 11 is 5.86. The van der Waals surface area contributed by atoms with E-state index in [1.54, 1.807) is 24.3 Å². The van der Waals surface area contributed by atoms with Crippen molar-refractivity contribution in [1.82, 2.24) is 10.2 Å². The van der Waals surface area contributed by atoms with Crippen molar-refractivity contribution in [1.29, 1.82) is 0 Å². The first-order valence-electron chi connectivity index (χ1n) is 7.81. The van der Waals surface area contributed by atoms with E-state index in [9.17, 15) is 4.79 Å². The van der Waals surface area contributed by atoms with Gasteiger partial charge < -0.3 is 10.6 Å². The number of anilines is 3. The van der Waals surface area contributed by atoms with E-state index in [-0.39, 0.29) is 5.91 Å². The van der Waals surface area contributed by atoms with Gasteiger partial charge in [0.2, 0.25) is 5.91 Å². The minimum Gasteiger partial charge on any atom is -0.339 e. The van der Waals surface area contributed by atoms with Crippen molar-refractivity contribution >= 4 is 34.8 Å². The summed E-state index contributed by atoms with van der Waals surface area (Å²) in [5, 5.41) is 14.6. The summed E-state index contributed by atoms with van der Waals surface area (Å²) in [6, 6.07) is 18.5. The van der Waals surface area contributed by atoms with Crippen molar-refractivity contribution in [2.45, 2.75) is 13.3 Å². The lowest BCUT2D eigenvalue weighted by Gasteiger charge is -2.08. The number of halogens is 1. The SMILES string of the molecule is Cc1ccccc1CC(=O)Nc1ccc(Nc2ccc(Cl)cc2)nn1. The normalized spacial score (nSPS) is 10.3. The smallest absolute Gasteiger partial charge is 0.230 e. The second kappa shape index (κ2) is 7.77. The molecule has 0 radical (unpaired) electrons. The van der Waals surface area contributed by atoms with Gasteiger partial charge in [0.25, 0.3) is 0 Å². The first kappa shape index (κ1) is 16.9. The van der Waals surface area contributed by atoms with Gasteiger partial charge in [0.1, 0.15) is 0 Å². The molecule has 2 N–H and O–H groups in total. The summed E-state index contributed by atoms with van der Waals surface area (Å²) in [5.74, 6) is 0.876. The second-order valence-electron chi connectivity index (χ2n) is 5.59. The highest BCUT2D eigenvalue weighted by atomic mass is 35.5. The van der Waals surface area contributed by atoms with E-state index in [0.717, 1.165) is 16.8 Å². The van der Waals surface area contributed by atoms with Gasteiger partial charge in [-0.15, -0.1) is 10.2 Å². The lowest BCUT2D eigenvalue weighted by atomic mass is 10.1. The highest BCUT2D eigenvalue weighted by Crippen LogP contribution is 2.17. The third-order valence-electron chi connectivity index (χ3n) is 3.66. The summed E-state index contributed by atoms with van der Waals surface area (Å²) in [6.07, 6.45) is 0.305. The largest absolute Gasteiger partial charge is 0.339 e. The van der Waals surface area contributed by atoms with E-state index >= 15 is 0 Å². The Morgan fingerprint density at radius 2 is 1.64 bits per heavy atom. The molecule has 0 spiro atoms. The van der Waals surface area contributed by atoms with Crippen LogP contribution in [-0.2, 0) is 11.2 Å². The summed E-state index contributed by atoms with van der Waals surface area (Å²) in [4.78, 5) is 12.1. The molecule has 25 heavy (non-hydrogen) atoms. The lowest BCUT2D eigenvalue weighted by molar-refractivity contribution is -0.115. The number of amides is 1. The molecule has 6 heteroatoms. The Bertz CT molecular complexity index is 863. The van der Waals surface area contributed by atoms with Gasteiger partial charge in [0.15, 0.2) is 11.6 Å². The summed E-state index contributed by atoms with van der Waals surface area (Å²) < 4.78 is 0. The molecular formula is C19H17ClN4O. The van der Waals surface area contributed by atoms with Crippen molar-refractivity contribution in [3.63, 3.8) is 0 Å². The third-order valence-corrected chi connectivity index (χ3v) is 3.91. The lowest BCUT2D eigenvalue weighted by Crippen LogP contribution is -2.16. The maximum Gasteiger partial charge on any atom is 0.230 e. The van der Waals surface area contributed by atoms with Crippen LogP contribution in [0.1, 0.15) is 11.1 Å². The zero-order valence-corrected chi connectivity index (χ0v) is 14.4. The van der Waals surface area contributed by atoms with Crippen LogP contribution in [0.25, 0.3) is 0 Å². The number of nitrogens with zero attached hydrogens (tertiary/aromatic N) is 2. The average molecular weight is 353 g/mol. The minimum atomic E-state index is -0.123. The molecule has 2 aromatic carbocycles. The van der Waals surface area contributed by atoms with E-state index < -0.39 is 0 Å². The fourth-order valence-electron chi connectivity index (χ4n) is 2.32. The molecule has 0 atom stereocenters. The molecule has 1 amide bonds. The Morgan fingerprint density at radius 3 is 2.32 bits per heavy atom. The van der Waals surface area contributed by atoms with Gasteiger partial charge in [0.05, 0.1) is 6.42 Å². The number of hydrogen-bond donors (Lipinski definition) is 2. The number of hydrogen-bond acceptors (Lipinski definition) is 4. The maximum absolute atomic E-state index is 12.1. The van der Waals surface area contributed by atoms with Gasteiger partial charge in [-0.3, -0.25) is 4.79 Å². The molecule has 0 bridgehead atoms. The van der Waals surface area contributed by atoms with Gasteiger partial charge in [0, 0.05) is 10.7 Å². The van der Waals surface area contributed by atoms with Crippen LogP contribution in [0.4, 0.5) is 17.3 Å². The average Bonchev–Trinajstić information content (AvgIpc) is 2.61. The van der Waals surface area contributed by atoms with E-state index in [0.29, 0.717) is 23.1 Å². The predicted octanol–water partition coefficient (Wildman–Crippen LogP) is 4.36. The molecule has 5 nitrogen and oxygen atoms in total. The number of benzene rings is 2. The Balaban J connectivity index is 1.59. The van der Waals surface area contributed by atoms with Crippen LogP contribution in [0, 0.1) is 6.92 Å². The minimum absolute atomic E-state index is 0.123. The van der Waals surface area contributed by atoms with E-state index in [2.05, 4.69) is 20.8 Å². The fraction of sp³-hybridized carbons (Fsp3) is 0.105. The number of carbonyl (C=O) groups is 1. The molecule has 3 aromatic rings. The number of aromatic nitrogens is 2. The summed E-state index contributed by atoms with van der Waals surface area (Å²) in [5.41, 5.74) is 2.94. The van der Waals surface area contributed by atoms with Crippen molar-refractivity contribution < 1.29 is 4.79 Å². The van der Waals surface area contributed by atoms with Crippen LogP contribution in [0.2, 0.25) is 5.02 Å². The highest BCUT2D eigenvalue weighted by Gasteiger charge is 2.07. The van der Waals surface area contributed by atoms with Crippen LogP contribution in [0.5, 0.6) is 0 Å². The predicted molar refractivity (Wildman–Crippen MR) is 100 cm³/mol. The molecule has 126 valence electrons. The van der Waals surface area contributed by atoms with Crippen LogP contribution in [0.3, 0.4) is 0 Å². The Hall–Kier alpha value is -2.92. The quantitative estimate of drug-likeness (QED) is 0.715. The second-order valence-corrected chi connectivity index (χ2v) is 6.02. The molecule has 0 saturated carbocycles. The van der Waals surface area contributed by atoms with Gasteiger partial charge in [-0.2, -0.15) is 0 Å².